The van der Waals surface area contributed by atoms with Crippen molar-refractivity contribution in [2.45, 2.75) is 6.92 Å². The van der Waals surface area contributed by atoms with E-state index in [0.29, 0.717) is 22.1 Å². The van der Waals surface area contributed by atoms with E-state index in [1.165, 1.54) is 6.21 Å². The largest absolute Gasteiger partial charge is 0.454 e. The lowest BCUT2D eigenvalue weighted by Gasteiger charge is -2.03. The summed E-state index contributed by atoms with van der Waals surface area (Å²) in [6, 6.07) is 10.6. The van der Waals surface area contributed by atoms with Gasteiger partial charge in [0.25, 0.3) is 5.91 Å². The van der Waals surface area contributed by atoms with Crippen LogP contribution < -0.4 is 14.9 Å². The molecule has 1 heterocycles. The number of benzene rings is 2. The zero-order chi connectivity index (χ0) is 15.5. The van der Waals surface area contributed by atoms with Gasteiger partial charge in [-0.2, -0.15) is 5.10 Å². The number of fused-ring (bicyclic) bond motifs is 1. The summed E-state index contributed by atoms with van der Waals surface area (Å²) < 4.78 is 10.5. The molecule has 0 bridgehead atoms. The number of carbonyl (C=O) groups is 1. The molecule has 112 valence electrons. The second-order valence-corrected chi connectivity index (χ2v) is 5.20. The van der Waals surface area contributed by atoms with E-state index in [1.807, 2.05) is 19.1 Å². The highest BCUT2D eigenvalue weighted by atomic mass is 35.5. The molecule has 0 saturated carbocycles. The molecule has 3 rings (SSSR count). The van der Waals surface area contributed by atoms with Crippen LogP contribution in [0.15, 0.2) is 41.5 Å². The van der Waals surface area contributed by atoms with Crippen molar-refractivity contribution >= 4 is 23.7 Å². The Morgan fingerprint density at radius 3 is 2.86 bits per heavy atom. The van der Waals surface area contributed by atoms with Crippen molar-refractivity contribution < 1.29 is 14.3 Å². The summed E-state index contributed by atoms with van der Waals surface area (Å²) in [5.74, 6) is 1.01. The molecule has 1 N–H and O–H groups in total. The number of ether oxygens (including phenoxy) is 2. The standard InChI is InChI=1S/C16H13ClN2O3/c1-10-2-4-12(13(17)6-10)16(20)19-18-8-11-3-5-14-15(7-11)22-9-21-14/h2-8H,9H2,1H3,(H,19,20). The second kappa shape index (κ2) is 6.07. The van der Waals surface area contributed by atoms with Crippen molar-refractivity contribution in [3.63, 3.8) is 0 Å². The summed E-state index contributed by atoms with van der Waals surface area (Å²) in [5.41, 5.74) is 4.62. The zero-order valence-corrected chi connectivity index (χ0v) is 12.6. The molecule has 2 aromatic rings. The minimum Gasteiger partial charge on any atom is -0.454 e. The van der Waals surface area contributed by atoms with Crippen LogP contribution in [-0.2, 0) is 0 Å². The van der Waals surface area contributed by atoms with Crippen LogP contribution in [0.5, 0.6) is 11.5 Å². The summed E-state index contributed by atoms with van der Waals surface area (Å²) >= 11 is 6.04. The first kappa shape index (κ1) is 14.4. The van der Waals surface area contributed by atoms with E-state index in [4.69, 9.17) is 21.1 Å². The zero-order valence-electron chi connectivity index (χ0n) is 11.8. The Labute approximate surface area is 132 Å². The third kappa shape index (κ3) is 3.04. The fourth-order valence-electron chi connectivity index (χ4n) is 2.02. The molecule has 0 saturated heterocycles. The number of halogens is 1. The van der Waals surface area contributed by atoms with E-state index in [0.717, 1.165) is 11.1 Å². The summed E-state index contributed by atoms with van der Waals surface area (Å²) in [5, 5.41) is 4.33. The molecule has 6 heteroatoms. The van der Waals surface area contributed by atoms with Crippen LogP contribution in [0, 0.1) is 6.92 Å². The molecule has 2 aromatic carbocycles. The minimum absolute atomic E-state index is 0.221. The number of nitrogens with zero attached hydrogens (tertiary/aromatic N) is 1. The predicted octanol–water partition coefficient (Wildman–Crippen LogP) is 3.14. The molecule has 22 heavy (non-hydrogen) atoms. The quantitative estimate of drug-likeness (QED) is 0.699. The van der Waals surface area contributed by atoms with Gasteiger partial charge in [-0.1, -0.05) is 17.7 Å². The highest BCUT2D eigenvalue weighted by Crippen LogP contribution is 2.31. The topological polar surface area (TPSA) is 59.9 Å². The van der Waals surface area contributed by atoms with Gasteiger partial charge in [0, 0.05) is 0 Å². The lowest BCUT2D eigenvalue weighted by molar-refractivity contribution is 0.0955. The monoisotopic (exact) mass is 316 g/mol. The van der Waals surface area contributed by atoms with Gasteiger partial charge >= 0.3 is 0 Å². The smallest absolute Gasteiger partial charge is 0.272 e. The molecule has 1 amide bonds. The maximum atomic E-state index is 12.0. The Bertz CT molecular complexity index is 759. The van der Waals surface area contributed by atoms with Crippen LogP contribution in [0.3, 0.4) is 0 Å². The fourth-order valence-corrected chi connectivity index (χ4v) is 2.34. The number of aryl methyl sites for hydroxylation is 1. The van der Waals surface area contributed by atoms with E-state index in [1.54, 1.807) is 24.3 Å². The summed E-state index contributed by atoms with van der Waals surface area (Å²) in [6.07, 6.45) is 1.53. The molecule has 0 fully saturated rings. The molecule has 0 atom stereocenters. The number of hydrogen-bond donors (Lipinski definition) is 1. The van der Waals surface area contributed by atoms with Gasteiger partial charge in [0.15, 0.2) is 11.5 Å². The van der Waals surface area contributed by atoms with Crippen molar-refractivity contribution in [1.29, 1.82) is 0 Å². The number of carbonyl (C=O) groups excluding carboxylic acids is 1. The maximum Gasteiger partial charge on any atom is 0.272 e. The highest BCUT2D eigenvalue weighted by molar-refractivity contribution is 6.33. The van der Waals surface area contributed by atoms with E-state index < -0.39 is 0 Å². The summed E-state index contributed by atoms with van der Waals surface area (Å²) in [4.78, 5) is 12.0. The maximum absolute atomic E-state index is 12.0. The third-order valence-electron chi connectivity index (χ3n) is 3.15. The van der Waals surface area contributed by atoms with Gasteiger partial charge in [-0.15, -0.1) is 0 Å². The minimum atomic E-state index is -0.359. The Balaban J connectivity index is 1.68. The van der Waals surface area contributed by atoms with Crippen LogP contribution in [0.2, 0.25) is 5.02 Å². The first-order valence-corrected chi connectivity index (χ1v) is 7.00. The summed E-state index contributed by atoms with van der Waals surface area (Å²) in [6.45, 7) is 2.13. The van der Waals surface area contributed by atoms with Gasteiger partial charge in [0.2, 0.25) is 6.79 Å². The molecule has 0 unspecified atom stereocenters. The van der Waals surface area contributed by atoms with Crippen molar-refractivity contribution in [2.24, 2.45) is 5.10 Å². The van der Waals surface area contributed by atoms with Crippen molar-refractivity contribution in [1.82, 2.24) is 5.43 Å². The summed E-state index contributed by atoms with van der Waals surface area (Å²) in [7, 11) is 0. The number of nitrogens with one attached hydrogen (secondary N) is 1. The molecule has 5 nitrogen and oxygen atoms in total. The normalized spacial score (nSPS) is 12.6. The highest BCUT2D eigenvalue weighted by Gasteiger charge is 2.12. The number of hydrogen-bond acceptors (Lipinski definition) is 4. The van der Waals surface area contributed by atoms with Crippen LogP contribution >= 0.6 is 11.6 Å². The molecular weight excluding hydrogens is 304 g/mol. The Morgan fingerprint density at radius 2 is 2.05 bits per heavy atom. The molecule has 1 aliphatic heterocycles. The Hall–Kier alpha value is -2.53. The lowest BCUT2D eigenvalue weighted by atomic mass is 10.1. The molecule has 0 aromatic heterocycles. The number of hydrazone groups is 1. The van der Waals surface area contributed by atoms with Gasteiger partial charge in [-0.05, 0) is 48.4 Å². The first-order chi connectivity index (χ1) is 10.6. The molecular formula is C16H13ClN2O3. The van der Waals surface area contributed by atoms with Gasteiger partial charge in [0.05, 0.1) is 16.8 Å². The van der Waals surface area contributed by atoms with Crippen LogP contribution in [0.1, 0.15) is 21.5 Å². The molecule has 0 radical (unpaired) electrons. The fraction of sp³-hybridized carbons (Fsp3) is 0.125. The van der Waals surface area contributed by atoms with Gasteiger partial charge in [-0.3, -0.25) is 4.79 Å². The van der Waals surface area contributed by atoms with Crippen molar-refractivity contribution in [3.05, 3.63) is 58.1 Å². The molecule has 0 aliphatic carbocycles. The van der Waals surface area contributed by atoms with E-state index >= 15 is 0 Å². The second-order valence-electron chi connectivity index (χ2n) is 4.80. The van der Waals surface area contributed by atoms with E-state index in [-0.39, 0.29) is 12.7 Å². The average Bonchev–Trinajstić information content (AvgIpc) is 2.94. The molecule has 1 aliphatic rings. The number of rotatable bonds is 3. The Kier molecular flexibility index (Phi) is 3.98. The average molecular weight is 317 g/mol. The van der Waals surface area contributed by atoms with Gasteiger partial charge < -0.3 is 9.47 Å². The van der Waals surface area contributed by atoms with Crippen LogP contribution in [0.25, 0.3) is 0 Å². The van der Waals surface area contributed by atoms with E-state index in [2.05, 4.69) is 10.5 Å². The van der Waals surface area contributed by atoms with Crippen LogP contribution in [-0.4, -0.2) is 18.9 Å². The molecule has 0 spiro atoms. The third-order valence-corrected chi connectivity index (χ3v) is 3.46. The van der Waals surface area contributed by atoms with Crippen molar-refractivity contribution in [2.75, 3.05) is 6.79 Å². The SMILES string of the molecule is Cc1ccc(C(=O)NN=Cc2ccc3c(c2)OCO3)c(Cl)c1. The number of amides is 1. The lowest BCUT2D eigenvalue weighted by Crippen LogP contribution is -2.18. The predicted molar refractivity (Wildman–Crippen MR) is 83.8 cm³/mol. The van der Waals surface area contributed by atoms with E-state index in [9.17, 15) is 4.79 Å². The van der Waals surface area contributed by atoms with Gasteiger partial charge in [0.1, 0.15) is 0 Å². The van der Waals surface area contributed by atoms with Crippen LogP contribution in [0.4, 0.5) is 0 Å². The van der Waals surface area contributed by atoms with Crippen molar-refractivity contribution in [3.8, 4) is 11.5 Å². The first-order valence-electron chi connectivity index (χ1n) is 6.63. The van der Waals surface area contributed by atoms with Gasteiger partial charge in [-0.25, -0.2) is 5.43 Å². The Morgan fingerprint density at radius 1 is 1.23 bits per heavy atom.